The van der Waals surface area contributed by atoms with Crippen LogP contribution in [0.1, 0.15) is 53.4 Å². The first-order valence-electron chi connectivity index (χ1n) is 6.24. The smallest absolute Gasteiger partial charge is 0.211 e. The van der Waals surface area contributed by atoms with Crippen molar-refractivity contribution in [3.63, 3.8) is 0 Å². The third kappa shape index (κ3) is 6.64. The van der Waals surface area contributed by atoms with Gasteiger partial charge < -0.3 is 0 Å². The molecule has 2 atom stereocenters. The summed E-state index contributed by atoms with van der Waals surface area (Å²) in [6.45, 7) is 7.85. The van der Waals surface area contributed by atoms with Crippen LogP contribution in [0, 0.1) is 17.2 Å². The third-order valence-electron chi connectivity index (χ3n) is 2.67. The SMILES string of the molecule is CCC(C#N)S(=O)(=O)NC(C)CCCC(C)C. The molecule has 0 aliphatic carbocycles. The molecule has 0 saturated heterocycles. The molecule has 0 aliphatic heterocycles. The summed E-state index contributed by atoms with van der Waals surface area (Å²) in [5.41, 5.74) is 0. The van der Waals surface area contributed by atoms with Gasteiger partial charge in [0.05, 0.1) is 6.07 Å². The molecule has 0 aromatic heterocycles. The van der Waals surface area contributed by atoms with Crippen molar-refractivity contribution >= 4 is 10.0 Å². The first kappa shape index (κ1) is 16.4. The first-order chi connectivity index (χ1) is 7.83. The van der Waals surface area contributed by atoms with Gasteiger partial charge in [-0.25, -0.2) is 13.1 Å². The lowest BCUT2D eigenvalue weighted by atomic mass is 10.0. The molecule has 0 radical (unpaired) electrons. The molecule has 100 valence electrons. The van der Waals surface area contributed by atoms with Crippen molar-refractivity contribution < 1.29 is 8.42 Å². The van der Waals surface area contributed by atoms with Crippen LogP contribution < -0.4 is 4.72 Å². The van der Waals surface area contributed by atoms with E-state index in [0.29, 0.717) is 12.3 Å². The Morgan fingerprint density at radius 1 is 1.24 bits per heavy atom. The highest BCUT2D eigenvalue weighted by Crippen LogP contribution is 2.10. The molecule has 0 aromatic carbocycles. The van der Waals surface area contributed by atoms with Crippen LogP contribution in [0.25, 0.3) is 0 Å². The van der Waals surface area contributed by atoms with E-state index in [-0.39, 0.29) is 6.04 Å². The average Bonchev–Trinajstić information content (AvgIpc) is 2.17. The number of nitrogens with zero attached hydrogens (tertiary/aromatic N) is 1. The van der Waals surface area contributed by atoms with Crippen LogP contribution in [0.3, 0.4) is 0 Å². The predicted octanol–water partition coefficient (Wildman–Crippen LogP) is 2.42. The van der Waals surface area contributed by atoms with Crippen molar-refractivity contribution in [2.45, 2.75) is 64.7 Å². The largest absolute Gasteiger partial charge is 0.228 e. The van der Waals surface area contributed by atoms with E-state index in [1.54, 1.807) is 6.92 Å². The molecule has 2 unspecified atom stereocenters. The Hall–Kier alpha value is -0.600. The summed E-state index contributed by atoms with van der Waals surface area (Å²) in [6, 6.07) is 1.73. The van der Waals surface area contributed by atoms with E-state index in [9.17, 15) is 8.42 Å². The second-order valence-electron chi connectivity index (χ2n) is 4.91. The normalized spacial score (nSPS) is 15.5. The zero-order valence-corrected chi connectivity index (χ0v) is 12.0. The van der Waals surface area contributed by atoms with E-state index in [0.717, 1.165) is 19.3 Å². The minimum Gasteiger partial charge on any atom is -0.211 e. The molecule has 0 heterocycles. The Kier molecular flexibility index (Phi) is 7.40. The summed E-state index contributed by atoms with van der Waals surface area (Å²) >= 11 is 0. The molecule has 0 amide bonds. The zero-order chi connectivity index (χ0) is 13.5. The van der Waals surface area contributed by atoms with E-state index in [1.807, 2.05) is 13.0 Å². The Labute approximate surface area is 105 Å². The number of nitriles is 1. The molecule has 0 bridgehead atoms. The lowest BCUT2D eigenvalue weighted by Crippen LogP contribution is -2.38. The molecule has 4 nitrogen and oxygen atoms in total. The van der Waals surface area contributed by atoms with Crippen molar-refractivity contribution in [2.75, 3.05) is 0 Å². The highest BCUT2D eigenvalue weighted by molar-refractivity contribution is 7.90. The quantitative estimate of drug-likeness (QED) is 0.728. The third-order valence-corrected chi connectivity index (χ3v) is 4.59. The second-order valence-corrected chi connectivity index (χ2v) is 6.81. The van der Waals surface area contributed by atoms with Crippen LogP contribution >= 0.6 is 0 Å². The molecule has 0 aromatic rings. The summed E-state index contributed by atoms with van der Waals surface area (Å²) in [7, 11) is -3.48. The molecular weight excluding hydrogens is 236 g/mol. The van der Waals surface area contributed by atoms with Crippen molar-refractivity contribution in [1.29, 1.82) is 5.26 Å². The van der Waals surface area contributed by atoms with Crippen molar-refractivity contribution in [2.24, 2.45) is 5.92 Å². The fourth-order valence-corrected chi connectivity index (χ4v) is 3.05. The summed E-state index contributed by atoms with van der Waals surface area (Å²) in [5, 5.41) is 7.82. The fourth-order valence-electron chi connectivity index (χ4n) is 1.63. The lowest BCUT2D eigenvalue weighted by Gasteiger charge is -2.16. The fraction of sp³-hybridized carbons (Fsp3) is 0.917. The van der Waals surface area contributed by atoms with Gasteiger partial charge in [0.25, 0.3) is 0 Å². The van der Waals surface area contributed by atoms with E-state index < -0.39 is 15.3 Å². The maximum absolute atomic E-state index is 11.8. The number of hydrogen-bond donors (Lipinski definition) is 1. The topological polar surface area (TPSA) is 70.0 Å². The van der Waals surface area contributed by atoms with Crippen LogP contribution in [0.2, 0.25) is 0 Å². The summed E-state index contributed by atoms with van der Waals surface area (Å²) < 4.78 is 26.1. The van der Waals surface area contributed by atoms with Gasteiger partial charge in [-0.15, -0.1) is 0 Å². The average molecular weight is 260 g/mol. The van der Waals surface area contributed by atoms with Crippen LogP contribution in [0.15, 0.2) is 0 Å². The van der Waals surface area contributed by atoms with Gasteiger partial charge >= 0.3 is 0 Å². The molecular formula is C12H24N2O2S. The van der Waals surface area contributed by atoms with Gasteiger partial charge in [0, 0.05) is 6.04 Å². The van der Waals surface area contributed by atoms with Crippen molar-refractivity contribution in [1.82, 2.24) is 4.72 Å². The molecule has 0 fully saturated rings. The highest BCUT2D eigenvalue weighted by atomic mass is 32.2. The monoisotopic (exact) mass is 260 g/mol. The molecule has 0 saturated carbocycles. The van der Waals surface area contributed by atoms with Gasteiger partial charge in [-0.05, 0) is 25.7 Å². The van der Waals surface area contributed by atoms with Crippen molar-refractivity contribution in [3.8, 4) is 6.07 Å². The summed E-state index contributed by atoms with van der Waals surface area (Å²) in [6.07, 6.45) is 3.25. The molecule has 0 aliphatic rings. The number of sulfonamides is 1. The van der Waals surface area contributed by atoms with Gasteiger partial charge in [-0.3, -0.25) is 0 Å². The van der Waals surface area contributed by atoms with E-state index in [1.165, 1.54) is 0 Å². The summed E-state index contributed by atoms with van der Waals surface area (Å²) in [5.74, 6) is 0.640. The maximum atomic E-state index is 11.8. The van der Waals surface area contributed by atoms with Crippen LogP contribution in [0.5, 0.6) is 0 Å². The Bertz CT molecular complexity index is 344. The second kappa shape index (κ2) is 7.67. The number of rotatable bonds is 8. The van der Waals surface area contributed by atoms with Gasteiger partial charge in [-0.2, -0.15) is 5.26 Å². The Morgan fingerprint density at radius 2 is 1.82 bits per heavy atom. The highest BCUT2D eigenvalue weighted by Gasteiger charge is 2.24. The lowest BCUT2D eigenvalue weighted by molar-refractivity contribution is 0.486. The standard InChI is InChI=1S/C12H24N2O2S/c1-5-12(9-13)17(15,16)14-11(4)8-6-7-10(2)3/h10-12,14H,5-8H2,1-4H3. The van der Waals surface area contributed by atoms with Crippen molar-refractivity contribution in [3.05, 3.63) is 0 Å². The van der Waals surface area contributed by atoms with Gasteiger partial charge in [0.1, 0.15) is 0 Å². The van der Waals surface area contributed by atoms with Gasteiger partial charge in [-0.1, -0.05) is 33.6 Å². The predicted molar refractivity (Wildman–Crippen MR) is 69.9 cm³/mol. The maximum Gasteiger partial charge on any atom is 0.228 e. The molecule has 5 heteroatoms. The molecule has 0 rings (SSSR count). The van der Waals surface area contributed by atoms with Crippen LogP contribution in [-0.2, 0) is 10.0 Å². The Balaban J connectivity index is 4.19. The number of hydrogen-bond acceptors (Lipinski definition) is 3. The molecule has 0 spiro atoms. The molecule has 17 heavy (non-hydrogen) atoms. The zero-order valence-electron chi connectivity index (χ0n) is 11.2. The minimum absolute atomic E-state index is 0.0962. The van der Waals surface area contributed by atoms with E-state index in [2.05, 4.69) is 18.6 Å². The van der Waals surface area contributed by atoms with E-state index in [4.69, 9.17) is 5.26 Å². The minimum atomic E-state index is -3.48. The van der Waals surface area contributed by atoms with Gasteiger partial charge in [0.15, 0.2) is 5.25 Å². The van der Waals surface area contributed by atoms with Crippen LogP contribution in [0.4, 0.5) is 0 Å². The van der Waals surface area contributed by atoms with E-state index >= 15 is 0 Å². The number of nitrogens with one attached hydrogen (secondary N) is 1. The van der Waals surface area contributed by atoms with Crippen LogP contribution in [-0.4, -0.2) is 19.7 Å². The summed E-state index contributed by atoms with van der Waals surface area (Å²) in [4.78, 5) is 0. The molecule has 1 N–H and O–H groups in total. The Morgan fingerprint density at radius 3 is 2.24 bits per heavy atom. The van der Waals surface area contributed by atoms with Gasteiger partial charge in [0.2, 0.25) is 10.0 Å². The first-order valence-corrected chi connectivity index (χ1v) is 7.78.